The Bertz CT molecular complexity index is 897. The fraction of sp³-hybridized carbons (Fsp3) is 0.174. The first-order chi connectivity index (χ1) is 11.6. The van der Waals surface area contributed by atoms with Crippen molar-refractivity contribution in [2.24, 2.45) is 4.99 Å². The lowest BCUT2D eigenvalue weighted by atomic mass is 10.0. The van der Waals surface area contributed by atoms with Crippen LogP contribution < -0.4 is 0 Å². The van der Waals surface area contributed by atoms with Crippen LogP contribution in [0.4, 0.5) is 0 Å². The van der Waals surface area contributed by atoms with Gasteiger partial charge in [-0.25, -0.2) is 0 Å². The minimum absolute atomic E-state index is 0.880. The number of nitrogens with zero attached hydrogens (tertiary/aromatic N) is 1. The van der Waals surface area contributed by atoms with E-state index in [1.165, 1.54) is 27.5 Å². The van der Waals surface area contributed by atoms with Crippen molar-refractivity contribution >= 4 is 22.2 Å². The molecule has 3 rings (SSSR count). The lowest BCUT2D eigenvalue weighted by Crippen LogP contribution is -1.99. The number of benzene rings is 3. The summed E-state index contributed by atoms with van der Waals surface area (Å²) < 4.78 is 0. The summed E-state index contributed by atoms with van der Waals surface area (Å²) in [6.07, 6.45) is 0.880. The Hall–Kier alpha value is -2.67. The summed E-state index contributed by atoms with van der Waals surface area (Å²) in [5.74, 6) is 0. The van der Waals surface area contributed by atoms with Crippen molar-refractivity contribution in [3.63, 3.8) is 0 Å². The number of allylic oxidation sites excluding steroid dienone is 1. The van der Waals surface area contributed by atoms with Gasteiger partial charge >= 0.3 is 0 Å². The number of hydrogen-bond donors (Lipinski definition) is 0. The van der Waals surface area contributed by atoms with Crippen LogP contribution in [0.5, 0.6) is 0 Å². The third kappa shape index (κ3) is 3.80. The maximum atomic E-state index is 4.94. The molecule has 3 aromatic rings. The van der Waals surface area contributed by atoms with E-state index in [1.807, 2.05) is 6.07 Å². The van der Waals surface area contributed by atoms with E-state index < -0.39 is 0 Å². The normalized spacial score (nSPS) is 11.5. The summed E-state index contributed by atoms with van der Waals surface area (Å²) in [5.41, 5.74) is 5.92. The second-order valence-corrected chi connectivity index (χ2v) is 6.42. The highest BCUT2D eigenvalue weighted by Gasteiger charge is 2.05. The first-order valence-corrected chi connectivity index (χ1v) is 8.38. The quantitative estimate of drug-likeness (QED) is 0.502. The van der Waals surface area contributed by atoms with E-state index in [0.29, 0.717) is 0 Å². The predicted octanol–water partition coefficient (Wildman–Crippen LogP) is 6.29. The van der Waals surface area contributed by atoms with Crippen LogP contribution in [0.25, 0.3) is 16.5 Å². The molecule has 0 fully saturated rings. The van der Waals surface area contributed by atoms with Gasteiger partial charge in [-0.15, -0.1) is 0 Å². The Kier molecular flexibility index (Phi) is 4.90. The van der Waals surface area contributed by atoms with Crippen molar-refractivity contribution in [3.05, 3.63) is 89.5 Å². The van der Waals surface area contributed by atoms with E-state index in [2.05, 4.69) is 87.5 Å². The van der Waals surface area contributed by atoms with Gasteiger partial charge in [-0.3, -0.25) is 4.99 Å². The van der Waals surface area contributed by atoms with Gasteiger partial charge in [-0.1, -0.05) is 72.3 Å². The Morgan fingerprint density at radius 2 is 1.42 bits per heavy atom. The highest BCUT2D eigenvalue weighted by Crippen LogP contribution is 2.25. The summed E-state index contributed by atoms with van der Waals surface area (Å²) in [4.78, 5) is 4.94. The largest absolute Gasteiger partial charge is 0.257 e. The van der Waals surface area contributed by atoms with Crippen molar-refractivity contribution in [2.75, 3.05) is 0 Å². The fourth-order valence-electron chi connectivity index (χ4n) is 2.92. The number of aliphatic imine (C=N–C) groups is 1. The second-order valence-electron chi connectivity index (χ2n) is 6.42. The van der Waals surface area contributed by atoms with Crippen LogP contribution in [0.3, 0.4) is 0 Å². The molecule has 0 spiro atoms. The number of hydrogen-bond acceptors (Lipinski definition) is 1. The summed E-state index contributed by atoms with van der Waals surface area (Å²) >= 11 is 0. The van der Waals surface area contributed by atoms with Crippen LogP contribution in [-0.4, -0.2) is 5.71 Å². The second kappa shape index (κ2) is 7.27. The van der Waals surface area contributed by atoms with Gasteiger partial charge in [0.2, 0.25) is 0 Å². The Morgan fingerprint density at radius 3 is 2.12 bits per heavy atom. The van der Waals surface area contributed by atoms with Gasteiger partial charge in [0.05, 0.1) is 5.70 Å². The average molecular weight is 313 g/mol. The van der Waals surface area contributed by atoms with Gasteiger partial charge in [0.15, 0.2) is 0 Å². The topological polar surface area (TPSA) is 12.4 Å². The van der Waals surface area contributed by atoms with Gasteiger partial charge in [0, 0.05) is 17.7 Å². The molecular weight excluding hydrogens is 290 g/mol. The maximum absolute atomic E-state index is 4.94. The van der Waals surface area contributed by atoms with Crippen molar-refractivity contribution in [3.8, 4) is 0 Å². The van der Waals surface area contributed by atoms with Gasteiger partial charge < -0.3 is 0 Å². The summed E-state index contributed by atoms with van der Waals surface area (Å²) in [6.45, 7) is 6.37. The standard InChI is InChI=1S/C23H23N/c1-17(2)23(24-18(3)15-19-9-5-4-6-10-19)22-14-13-20-11-7-8-12-21(20)16-22/h4-14,16H,15H2,1-3H3. The number of rotatable bonds is 4. The predicted molar refractivity (Wildman–Crippen MR) is 105 cm³/mol. The maximum Gasteiger partial charge on any atom is 0.0687 e. The van der Waals surface area contributed by atoms with E-state index >= 15 is 0 Å². The molecule has 0 aliphatic rings. The molecule has 3 aromatic carbocycles. The molecule has 24 heavy (non-hydrogen) atoms. The van der Waals surface area contributed by atoms with Gasteiger partial charge in [0.1, 0.15) is 0 Å². The molecule has 0 atom stereocenters. The molecule has 0 aromatic heterocycles. The minimum atomic E-state index is 0.880. The Morgan fingerprint density at radius 1 is 0.750 bits per heavy atom. The third-order valence-electron chi connectivity index (χ3n) is 4.10. The summed E-state index contributed by atoms with van der Waals surface area (Å²) in [6, 6.07) is 25.5. The van der Waals surface area contributed by atoms with Crippen LogP contribution in [0.2, 0.25) is 0 Å². The molecule has 0 saturated heterocycles. The molecule has 0 N–H and O–H groups in total. The monoisotopic (exact) mass is 313 g/mol. The first-order valence-electron chi connectivity index (χ1n) is 8.38. The molecule has 0 saturated carbocycles. The SMILES string of the molecule is CC(Cc1ccccc1)=NC(=C(C)C)c1ccc2ccccc2c1. The van der Waals surface area contributed by atoms with Gasteiger partial charge in [-0.05, 0) is 43.2 Å². The van der Waals surface area contributed by atoms with Crippen LogP contribution in [0.15, 0.2) is 83.4 Å². The molecule has 1 heteroatoms. The van der Waals surface area contributed by atoms with E-state index in [1.54, 1.807) is 0 Å². The summed E-state index contributed by atoms with van der Waals surface area (Å²) in [7, 11) is 0. The highest BCUT2D eigenvalue weighted by molar-refractivity contribution is 5.92. The van der Waals surface area contributed by atoms with Crippen LogP contribution in [0.1, 0.15) is 31.9 Å². The van der Waals surface area contributed by atoms with Crippen molar-refractivity contribution < 1.29 is 0 Å². The van der Waals surface area contributed by atoms with Crippen molar-refractivity contribution in [1.29, 1.82) is 0 Å². The zero-order valence-electron chi connectivity index (χ0n) is 14.6. The molecule has 0 unspecified atom stereocenters. The van der Waals surface area contributed by atoms with Gasteiger partial charge in [0.25, 0.3) is 0 Å². The molecule has 0 amide bonds. The molecular formula is C23H23N. The Balaban J connectivity index is 1.94. The zero-order chi connectivity index (χ0) is 16.9. The lowest BCUT2D eigenvalue weighted by molar-refractivity contribution is 1.27. The van der Waals surface area contributed by atoms with Crippen molar-refractivity contribution in [2.45, 2.75) is 27.2 Å². The lowest BCUT2D eigenvalue weighted by Gasteiger charge is -2.09. The smallest absolute Gasteiger partial charge is 0.0687 e. The average Bonchev–Trinajstić information content (AvgIpc) is 2.60. The molecule has 0 aliphatic carbocycles. The van der Waals surface area contributed by atoms with E-state index in [0.717, 1.165) is 17.8 Å². The van der Waals surface area contributed by atoms with E-state index in [4.69, 9.17) is 4.99 Å². The van der Waals surface area contributed by atoms with Crippen LogP contribution >= 0.6 is 0 Å². The first kappa shape index (κ1) is 16.2. The molecule has 1 nitrogen and oxygen atoms in total. The van der Waals surface area contributed by atoms with Crippen LogP contribution in [-0.2, 0) is 6.42 Å². The molecule has 0 heterocycles. The van der Waals surface area contributed by atoms with Crippen LogP contribution in [0, 0.1) is 0 Å². The Labute approximate surface area is 144 Å². The summed E-state index contributed by atoms with van der Waals surface area (Å²) in [5, 5.41) is 2.52. The highest BCUT2D eigenvalue weighted by atomic mass is 14.8. The molecule has 0 radical (unpaired) electrons. The van der Waals surface area contributed by atoms with Crippen molar-refractivity contribution in [1.82, 2.24) is 0 Å². The van der Waals surface area contributed by atoms with E-state index in [9.17, 15) is 0 Å². The molecule has 0 aliphatic heterocycles. The molecule has 0 bridgehead atoms. The minimum Gasteiger partial charge on any atom is -0.257 e. The van der Waals surface area contributed by atoms with Gasteiger partial charge in [-0.2, -0.15) is 0 Å². The molecule has 120 valence electrons. The third-order valence-corrected chi connectivity index (χ3v) is 4.10. The number of fused-ring (bicyclic) bond motifs is 1. The zero-order valence-corrected chi connectivity index (χ0v) is 14.6. The fourth-order valence-corrected chi connectivity index (χ4v) is 2.92. The van der Waals surface area contributed by atoms with E-state index in [-0.39, 0.29) is 0 Å².